The fraction of sp³-hybridized carbons (Fsp3) is 0.533. The van der Waals surface area contributed by atoms with Gasteiger partial charge < -0.3 is 20.3 Å². The van der Waals surface area contributed by atoms with E-state index in [4.69, 9.17) is 4.74 Å². The Kier molecular flexibility index (Phi) is 7.87. The Balaban J connectivity index is 2.12. The Bertz CT molecular complexity index is 393. The van der Waals surface area contributed by atoms with Crippen LogP contribution in [-0.4, -0.2) is 57.8 Å². The van der Waals surface area contributed by atoms with Gasteiger partial charge in [-0.1, -0.05) is 17.7 Å². The van der Waals surface area contributed by atoms with Crippen LogP contribution in [0.5, 0.6) is 0 Å². The lowest BCUT2D eigenvalue weighted by Gasteiger charge is -2.16. The van der Waals surface area contributed by atoms with E-state index in [0.29, 0.717) is 6.54 Å². The second-order valence-electron chi connectivity index (χ2n) is 4.89. The predicted molar refractivity (Wildman–Crippen MR) is 82.1 cm³/mol. The minimum Gasteiger partial charge on any atom is -0.383 e. The molecule has 20 heavy (non-hydrogen) atoms. The molecule has 0 aliphatic rings. The van der Waals surface area contributed by atoms with Gasteiger partial charge in [-0.3, -0.25) is 4.79 Å². The van der Waals surface area contributed by atoms with E-state index in [-0.39, 0.29) is 5.91 Å². The fourth-order valence-corrected chi connectivity index (χ4v) is 1.67. The lowest BCUT2D eigenvalue weighted by molar-refractivity contribution is -0.115. The van der Waals surface area contributed by atoms with Crippen molar-refractivity contribution in [3.05, 3.63) is 29.8 Å². The van der Waals surface area contributed by atoms with E-state index >= 15 is 0 Å². The number of amides is 1. The summed E-state index contributed by atoms with van der Waals surface area (Å²) < 4.78 is 5.01. The highest BCUT2D eigenvalue weighted by Gasteiger charge is 2.02. The average Bonchev–Trinajstić information content (AvgIpc) is 2.44. The van der Waals surface area contributed by atoms with Crippen LogP contribution in [0.2, 0.25) is 0 Å². The molecule has 1 aromatic carbocycles. The van der Waals surface area contributed by atoms with Gasteiger partial charge in [-0.15, -0.1) is 0 Å². The third-order valence-corrected chi connectivity index (χ3v) is 2.97. The summed E-state index contributed by atoms with van der Waals surface area (Å²) in [6.45, 7) is 5.64. The minimum absolute atomic E-state index is 0.0200. The van der Waals surface area contributed by atoms with Crippen molar-refractivity contribution in [2.45, 2.75) is 6.92 Å². The maximum Gasteiger partial charge on any atom is 0.238 e. The Morgan fingerprint density at radius 2 is 1.95 bits per heavy atom. The minimum atomic E-state index is -0.0200. The molecule has 0 aliphatic carbocycles. The van der Waals surface area contributed by atoms with Crippen LogP contribution in [0.1, 0.15) is 5.56 Å². The standard InChI is InChI=1S/C15H25N3O2/c1-13-4-6-14(7-5-13)17-15(19)12-16-8-9-18(2)10-11-20-3/h4-7,16H,8-12H2,1-3H3,(H,17,19). The summed E-state index contributed by atoms with van der Waals surface area (Å²) in [6.07, 6.45) is 0. The zero-order chi connectivity index (χ0) is 14.8. The number of methoxy groups -OCH3 is 1. The molecule has 112 valence electrons. The number of anilines is 1. The summed E-state index contributed by atoms with van der Waals surface area (Å²) >= 11 is 0. The lowest BCUT2D eigenvalue weighted by Crippen LogP contribution is -2.35. The third kappa shape index (κ3) is 7.23. The summed E-state index contributed by atoms with van der Waals surface area (Å²) in [5.41, 5.74) is 2.01. The summed E-state index contributed by atoms with van der Waals surface area (Å²) in [7, 11) is 3.73. The molecule has 1 amide bonds. The first kappa shape index (κ1) is 16.6. The third-order valence-electron chi connectivity index (χ3n) is 2.97. The van der Waals surface area contributed by atoms with Gasteiger partial charge in [-0.25, -0.2) is 0 Å². The molecule has 5 nitrogen and oxygen atoms in total. The van der Waals surface area contributed by atoms with Crippen LogP contribution < -0.4 is 10.6 Å². The van der Waals surface area contributed by atoms with Gasteiger partial charge in [0.1, 0.15) is 0 Å². The summed E-state index contributed by atoms with van der Waals surface area (Å²) in [6, 6.07) is 7.78. The number of rotatable bonds is 9. The van der Waals surface area contributed by atoms with E-state index in [2.05, 4.69) is 15.5 Å². The number of ether oxygens (including phenoxy) is 1. The van der Waals surface area contributed by atoms with Gasteiger partial charge in [-0.2, -0.15) is 0 Å². The molecule has 1 rings (SSSR count). The number of nitrogens with zero attached hydrogens (tertiary/aromatic N) is 1. The van der Waals surface area contributed by atoms with Gasteiger partial charge in [-0.05, 0) is 26.1 Å². The van der Waals surface area contributed by atoms with Crippen LogP contribution in [0.4, 0.5) is 5.69 Å². The molecule has 1 aromatic rings. The number of hydrogen-bond donors (Lipinski definition) is 2. The van der Waals surface area contributed by atoms with Crippen molar-refractivity contribution >= 4 is 11.6 Å². The molecule has 0 bridgehead atoms. The molecule has 0 aromatic heterocycles. The van der Waals surface area contributed by atoms with Crippen molar-refractivity contribution in [2.75, 3.05) is 52.3 Å². The molecule has 2 N–H and O–H groups in total. The predicted octanol–water partition coefficient (Wildman–Crippen LogP) is 1.10. The quantitative estimate of drug-likeness (QED) is 0.665. The first-order chi connectivity index (χ1) is 9.61. The van der Waals surface area contributed by atoms with Crippen molar-refractivity contribution in [1.82, 2.24) is 10.2 Å². The highest BCUT2D eigenvalue weighted by atomic mass is 16.5. The molecule has 0 unspecified atom stereocenters. The van der Waals surface area contributed by atoms with E-state index in [1.807, 2.05) is 38.2 Å². The van der Waals surface area contributed by atoms with E-state index < -0.39 is 0 Å². The topological polar surface area (TPSA) is 53.6 Å². The van der Waals surface area contributed by atoms with Gasteiger partial charge in [0.15, 0.2) is 0 Å². The molecule has 0 atom stereocenters. The molecule has 0 aliphatic heterocycles. The highest BCUT2D eigenvalue weighted by molar-refractivity contribution is 5.92. The van der Waals surface area contributed by atoms with E-state index in [1.54, 1.807) is 7.11 Å². The van der Waals surface area contributed by atoms with Crippen molar-refractivity contribution in [2.24, 2.45) is 0 Å². The number of carbonyl (C=O) groups excluding carboxylic acids is 1. The number of benzene rings is 1. The van der Waals surface area contributed by atoms with Crippen molar-refractivity contribution in [3.8, 4) is 0 Å². The normalized spacial score (nSPS) is 10.8. The largest absolute Gasteiger partial charge is 0.383 e. The summed E-state index contributed by atoms with van der Waals surface area (Å²) in [5.74, 6) is -0.0200. The van der Waals surface area contributed by atoms with Crippen LogP contribution in [0.25, 0.3) is 0 Å². The van der Waals surface area contributed by atoms with Gasteiger partial charge in [0.25, 0.3) is 0 Å². The number of nitrogens with one attached hydrogen (secondary N) is 2. The molecule has 0 saturated heterocycles. The van der Waals surface area contributed by atoms with Crippen LogP contribution >= 0.6 is 0 Å². The van der Waals surface area contributed by atoms with Crippen molar-refractivity contribution in [1.29, 1.82) is 0 Å². The number of carbonyl (C=O) groups is 1. The fourth-order valence-electron chi connectivity index (χ4n) is 1.67. The lowest BCUT2D eigenvalue weighted by atomic mass is 10.2. The average molecular weight is 279 g/mol. The van der Waals surface area contributed by atoms with E-state index in [1.165, 1.54) is 5.56 Å². The van der Waals surface area contributed by atoms with Gasteiger partial charge in [0, 0.05) is 32.4 Å². The zero-order valence-electron chi connectivity index (χ0n) is 12.6. The van der Waals surface area contributed by atoms with Gasteiger partial charge in [0.2, 0.25) is 5.91 Å². The number of hydrogen-bond acceptors (Lipinski definition) is 4. The van der Waals surface area contributed by atoms with Crippen molar-refractivity contribution in [3.63, 3.8) is 0 Å². The first-order valence-corrected chi connectivity index (χ1v) is 6.86. The molecule has 0 saturated carbocycles. The highest BCUT2D eigenvalue weighted by Crippen LogP contribution is 2.07. The zero-order valence-corrected chi connectivity index (χ0v) is 12.6. The van der Waals surface area contributed by atoms with Gasteiger partial charge >= 0.3 is 0 Å². The molecule has 0 spiro atoms. The molecule has 5 heteroatoms. The first-order valence-electron chi connectivity index (χ1n) is 6.86. The summed E-state index contributed by atoms with van der Waals surface area (Å²) in [5, 5.41) is 5.99. The van der Waals surface area contributed by atoms with Crippen LogP contribution in [-0.2, 0) is 9.53 Å². The SMILES string of the molecule is COCCN(C)CCNCC(=O)Nc1ccc(C)cc1. The molecule has 0 fully saturated rings. The molecule has 0 heterocycles. The van der Waals surface area contributed by atoms with Gasteiger partial charge in [0.05, 0.1) is 13.2 Å². The smallest absolute Gasteiger partial charge is 0.238 e. The van der Waals surface area contributed by atoms with Crippen LogP contribution in [0, 0.1) is 6.92 Å². The second kappa shape index (κ2) is 9.47. The molecule has 0 radical (unpaired) electrons. The Morgan fingerprint density at radius 1 is 1.25 bits per heavy atom. The maximum atomic E-state index is 11.7. The van der Waals surface area contributed by atoms with E-state index in [9.17, 15) is 4.79 Å². The van der Waals surface area contributed by atoms with Crippen LogP contribution in [0.3, 0.4) is 0 Å². The molecular formula is C15H25N3O2. The summed E-state index contributed by atoms with van der Waals surface area (Å²) in [4.78, 5) is 13.9. The monoisotopic (exact) mass is 279 g/mol. The Hall–Kier alpha value is -1.43. The number of likely N-dealkylation sites (N-methyl/N-ethyl adjacent to an activating group) is 1. The Labute approximate surface area is 121 Å². The second-order valence-corrected chi connectivity index (χ2v) is 4.89. The maximum absolute atomic E-state index is 11.7. The Morgan fingerprint density at radius 3 is 2.60 bits per heavy atom. The number of aryl methyl sites for hydroxylation is 1. The van der Waals surface area contributed by atoms with Crippen molar-refractivity contribution < 1.29 is 9.53 Å². The molecular weight excluding hydrogens is 254 g/mol. The van der Waals surface area contributed by atoms with Crippen LogP contribution in [0.15, 0.2) is 24.3 Å². The van der Waals surface area contributed by atoms with E-state index in [0.717, 1.165) is 31.9 Å².